The van der Waals surface area contributed by atoms with Crippen molar-refractivity contribution in [2.24, 2.45) is 0 Å². The van der Waals surface area contributed by atoms with Crippen LogP contribution in [0, 0.1) is 0 Å². The van der Waals surface area contributed by atoms with Gasteiger partial charge in [0, 0.05) is 31.0 Å². The Bertz CT molecular complexity index is 807. The second-order valence-electron chi connectivity index (χ2n) is 7.75. The average molecular weight is 416 g/mol. The molecule has 29 heavy (non-hydrogen) atoms. The number of nitrogens with zero attached hydrogens (tertiary/aromatic N) is 2. The summed E-state index contributed by atoms with van der Waals surface area (Å²) in [7, 11) is 0. The lowest BCUT2D eigenvalue weighted by atomic mass is 10.00. The van der Waals surface area contributed by atoms with Gasteiger partial charge in [-0.25, -0.2) is 0 Å². The highest BCUT2D eigenvalue weighted by atomic mass is 35.5. The Labute approximate surface area is 179 Å². The van der Waals surface area contributed by atoms with E-state index < -0.39 is 0 Å². The van der Waals surface area contributed by atoms with E-state index in [4.69, 9.17) is 10.5 Å². The van der Waals surface area contributed by atoms with Crippen LogP contribution in [0.1, 0.15) is 30.4 Å². The van der Waals surface area contributed by atoms with Crippen molar-refractivity contribution in [2.75, 3.05) is 36.8 Å². The summed E-state index contributed by atoms with van der Waals surface area (Å²) in [5, 5.41) is 0. The number of hydrogen-bond acceptors (Lipinski definition) is 4. The number of nitrogen functional groups attached to an aromatic ring is 1. The number of fused-ring (bicyclic) bond motifs is 1. The molecule has 0 bridgehead atoms. The molecular formula is C23H30ClN3O2. The predicted molar refractivity (Wildman–Crippen MR) is 119 cm³/mol. The first kappa shape index (κ1) is 21.5. The van der Waals surface area contributed by atoms with Crippen molar-refractivity contribution >= 4 is 29.7 Å². The maximum absolute atomic E-state index is 12.9. The molecule has 2 aliphatic heterocycles. The van der Waals surface area contributed by atoms with E-state index in [-0.39, 0.29) is 24.4 Å². The van der Waals surface area contributed by atoms with Crippen LogP contribution in [-0.2, 0) is 22.6 Å². The lowest BCUT2D eigenvalue weighted by molar-refractivity contribution is -0.132. The molecule has 1 saturated heterocycles. The highest BCUT2D eigenvalue weighted by Gasteiger charge is 2.26. The molecule has 0 unspecified atom stereocenters. The van der Waals surface area contributed by atoms with Gasteiger partial charge in [0.05, 0.1) is 19.3 Å². The van der Waals surface area contributed by atoms with Gasteiger partial charge in [-0.3, -0.25) is 4.79 Å². The average Bonchev–Trinajstić information content (AvgIpc) is 2.74. The minimum Gasteiger partial charge on any atom is -0.398 e. The number of amides is 1. The van der Waals surface area contributed by atoms with E-state index in [0.29, 0.717) is 13.2 Å². The van der Waals surface area contributed by atoms with Crippen molar-refractivity contribution in [3.8, 4) is 0 Å². The summed E-state index contributed by atoms with van der Waals surface area (Å²) in [6, 6.07) is 16.3. The van der Waals surface area contributed by atoms with E-state index in [2.05, 4.69) is 23.1 Å². The minimum absolute atomic E-state index is 0. The highest BCUT2D eigenvalue weighted by molar-refractivity contribution is 5.85. The largest absolute Gasteiger partial charge is 0.398 e. The van der Waals surface area contributed by atoms with Gasteiger partial charge in [0.15, 0.2) is 0 Å². The first-order valence-electron chi connectivity index (χ1n) is 10.3. The lowest BCUT2D eigenvalue weighted by Gasteiger charge is -2.36. The Balaban J connectivity index is 0.00000240. The molecule has 0 aromatic heterocycles. The zero-order chi connectivity index (χ0) is 19.3. The first-order chi connectivity index (χ1) is 13.7. The third-order valence-electron chi connectivity index (χ3n) is 5.83. The van der Waals surface area contributed by atoms with Crippen LogP contribution in [0.4, 0.5) is 11.4 Å². The smallest absolute Gasteiger partial charge is 0.242 e. The quantitative estimate of drug-likeness (QED) is 0.757. The second kappa shape index (κ2) is 9.99. The van der Waals surface area contributed by atoms with Crippen molar-refractivity contribution in [1.82, 2.24) is 4.90 Å². The monoisotopic (exact) mass is 415 g/mol. The third-order valence-corrected chi connectivity index (χ3v) is 5.83. The van der Waals surface area contributed by atoms with Crippen molar-refractivity contribution in [1.29, 1.82) is 0 Å². The molecule has 5 nitrogen and oxygen atoms in total. The molecule has 2 aromatic rings. The summed E-state index contributed by atoms with van der Waals surface area (Å²) in [6.07, 6.45) is 4.09. The Morgan fingerprint density at radius 1 is 1.03 bits per heavy atom. The van der Waals surface area contributed by atoms with Gasteiger partial charge in [-0.05, 0) is 48.9 Å². The van der Waals surface area contributed by atoms with Crippen LogP contribution in [0.5, 0.6) is 0 Å². The number of ether oxygens (including phenoxy) is 1. The Morgan fingerprint density at radius 2 is 1.79 bits per heavy atom. The van der Waals surface area contributed by atoms with Crippen molar-refractivity contribution < 1.29 is 9.53 Å². The molecule has 0 aliphatic carbocycles. The number of anilines is 2. The number of hydrogen-bond donors (Lipinski definition) is 1. The molecule has 4 rings (SSSR count). The zero-order valence-corrected chi connectivity index (χ0v) is 17.6. The number of carbonyl (C=O) groups excluding carboxylic acids is 1. The van der Waals surface area contributed by atoms with Gasteiger partial charge in [-0.1, -0.05) is 36.4 Å². The molecule has 2 aliphatic rings. The number of rotatable bonds is 5. The topological polar surface area (TPSA) is 58.8 Å². The first-order valence-corrected chi connectivity index (χ1v) is 10.3. The van der Waals surface area contributed by atoms with Crippen LogP contribution in [0.3, 0.4) is 0 Å². The molecule has 0 spiro atoms. The number of halogens is 1. The normalized spacial score (nSPS) is 16.8. The van der Waals surface area contributed by atoms with E-state index in [1.807, 2.05) is 35.2 Å². The van der Waals surface area contributed by atoms with Crippen LogP contribution in [0.2, 0.25) is 0 Å². The van der Waals surface area contributed by atoms with Crippen LogP contribution in [-0.4, -0.2) is 43.1 Å². The van der Waals surface area contributed by atoms with Gasteiger partial charge in [-0.15, -0.1) is 12.4 Å². The summed E-state index contributed by atoms with van der Waals surface area (Å²) < 4.78 is 6.04. The second-order valence-corrected chi connectivity index (χ2v) is 7.75. The maximum atomic E-state index is 12.9. The summed E-state index contributed by atoms with van der Waals surface area (Å²) in [5.74, 6) is 0.205. The Hall–Kier alpha value is -2.24. The lowest BCUT2D eigenvalue weighted by Crippen LogP contribution is -2.46. The van der Waals surface area contributed by atoms with Crippen molar-refractivity contribution in [2.45, 2.75) is 38.4 Å². The summed E-state index contributed by atoms with van der Waals surface area (Å²) in [5.41, 5.74) is 10.5. The van der Waals surface area contributed by atoms with Gasteiger partial charge >= 0.3 is 0 Å². The summed E-state index contributed by atoms with van der Waals surface area (Å²) in [6.45, 7) is 3.54. The fraction of sp³-hybridized carbons (Fsp3) is 0.435. The van der Waals surface area contributed by atoms with E-state index >= 15 is 0 Å². The standard InChI is InChI=1S/C23H29N3O2.ClH/c24-21-9-4-10-22-20(21)8-5-13-26(22)16-23(27)25-14-11-19(12-15-25)28-17-18-6-2-1-3-7-18;/h1-4,6-7,9-10,19H,5,8,11-17,24H2;1H. The van der Waals surface area contributed by atoms with Gasteiger partial charge in [0.2, 0.25) is 5.91 Å². The number of piperidine rings is 1. The molecule has 0 saturated carbocycles. The van der Waals surface area contributed by atoms with E-state index in [1.165, 1.54) is 11.1 Å². The SMILES string of the molecule is Cl.Nc1cccc2c1CCCN2CC(=O)N1CCC(OCc2ccccc2)CC1. The molecule has 6 heteroatoms. The minimum atomic E-state index is 0. The van der Waals surface area contributed by atoms with E-state index in [9.17, 15) is 4.79 Å². The van der Waals surface area contributed by atoms with Crippen molar-refractivity contribution in [3.63, 3.8) is 0 Å². The van der Waals surface area contributed by atoms with E-state index in [0.717, 1.165) is 56.7 Å². The molecule has 0 radical (unpaired) electrons. The van der Waals surface area contributed by atoms with Crippen molar-refractivity contribution in [3.05, 3.63) is 59.7 Å². The number of likely N-dealkylation sites (tertiary alicyclic amines) is 1. The van der Waals surface area contributed by atoms with Crippen LogP contribution in [0.25, 0.3) is 0 Å². The molecule has 0 atom stereocenters. The summed E-state index contributed by atoms with van der Waals surface area (Å²) in [4.78, 5) is 17.0. The van der Waals surface area contributed by atoms with Gasteiger partial charge < -0.3 is 20.3 Å². The maximum Gasteiger partial charge on any atom is 0.242 e. The molecule has 2 heterocycles. The fourth-order valence-corrected chi connectivity index (χ4v) is 4.22. The fourth-order valence-electron chi connectivity index (χ4n) is 4.22. The predicted octanol–water partition coefficient (Wildman–Crippen LogP) is 3.65. The molecular weight excluding hydrogens is 386 g/mol. The molecule has 156 valence electrons. The molecule has 2 N–H and O–H groups in total. The van der Waals surface area contributed by atoms with Gasteiger partial charge in [0.1, 0.15) is 0 Å². The third kappa shape index (κ3) is 5.22. The highest BCUT2D eigenvalue weighted by Crippen LogP contribution is 2.31. The summed E-state index contributed by atoms with van der Waals surface area (Å²) >= 11 is 0. The van der Waals surface area contributed by atoms with Crippen LogP contribution >= 0.6 is 12.4 Å². The number of carbonyl (C=O) groups is 1. The van der Waals surface area contributed by atoms with E-state index in [1.54, 1.807) is 0 Å². The van der Waals surface area contributed by atoms with Crippen LogP contribution in [0.15, 0.2) is 48.5 Å². The number of nitrogens with two attached hydrogens (primary N) is 1. The van der Waals surface area contributed by atoms with Gasteiger partial charge in [0.25, 0.3) is 0 Å². The Kier molecular flexibility index (Phi) is 7.40. The molecule has 2 aromatic carbocycles. The Morgan fingerprint density at radius 3 is 2.55 bits per heavy atom. The number of benzene rings is 2. The zero-order valence-electron chi connectivity index (χ0n) is 16.8. The van der Waals surface area contributed by atoms with Gasteiger partial charge in [-0.2, -0.15) is 0 Å². The van der Waals surface area contributed by atoms with Crippen LogP contribution < -0.4 is 10.6 Å². The molecule has 1 fully saturated rings. The molecule has 1 amide bonds.